The fraction of sp³-hybridized carbons (Fsp3) is 0.280. The number of aliphatic hydroxyl groups is 1. The molecule has 0 heterocycles. The Kier molecular flexibility index (Phi) is 7.78. The second-order valence-corrected chi connectivity index (χ2v) is 7.80. The third kappa shape index (κ3) is 5.61. The lowest BCUT2D eigenvalue weighted by Gasteiger charge is -2.17. The van der Waals surface area contributed by atoms with Gasteiger partial charge in [0.25, 0.3) is 0 Å². The summed E-state index contributed by atoms with van der Waals surface area (Å²) in [6.07, 6.45) is 1.79. The molecule has 0 amide bonds. The summed E-state index contributed by atoms with van der Waals surface area (Å²) in [5.41, 5.74) is 2.55. The van der Waals surface area contributed by atoms with Crippen LogP contribution in [-0.4, -0.2) is 40.1 Å². The highest BCUT2D eigenvalue weighted by atomic mass is 16.5. The van der Waals surface area contributed by atoms with E-state index in [9.17, 15) is 24.9 Å². The average Bonchev–Trinajstić information content (AvgIpc) is 2.71. The average molecular weight is 424 g/mol. The van der Waals surface area contributed by atoms with E-state index in [1.807, 2.05) is 19.9 Å². The Morgan fingerprint density at radius 3 is 2.45 bits per heavy atom. The zero-order chi connectivity index (χ0) is 23.3. The largest absolute Gasteiger partial charge is 0.507 e. The number of benzene rings is 2. The Morgan fingerprint density at radius 2 is 1.87 bits per heavy atom. The number of aryl methyl sites for hydroxylation is 1. The predicted octanol–water partition coefficient (Wildman–Crippen LogP) is 4.27. The first-order valence-corrected chi connectivity index (χ1v) is 9.84. The van der Waals surface area contributed by atoms with Gasteiger partial charge in [-0.15, -0.1) is 0 Å². The first kappa shape index (κ1) is 23.9. The van der Waals surface area contributed by atoms with Crippen LogP contribution in [0.3, 0.4) is 0 Å². The van der Waals surface area contributed by atoms with Crippen molar-refractivity contribution in [3.8, 4) is 17.2 Å². The summed E-state index contributed by atoms with van der Waals surface area (Å²) in [7, 11) is 0. The van der Waals surface area contributed by atoms with E-state index in [2.05, 4.69) is 6.58 Å². The molecule has 1 atom stereocenters. The Labute approximate surface area is 182 Å². The SMILES string of the molecule is C=C(C)[C@H](O)COc1cc(C)cc(C(=O)c2c(CC=C(C)C)ccc(O)c2C=O)c1O. The van der Waals surface area contributed by atoms with Crippen LogP contribution < -0.4 is 4.74 Å². The van der Waals surface area contributed by atoms with Crippen LogP contribution in [0.25, 0.3) is 0 Å². The molecule has 0 aliphatic heterocycles. The van der Waals surface area contributed by atoms with E-state index in [-0.39, 0.29) is 34.8 Å². The first-order chi connectivity index (χ1) is 14.6. The highest BCUT2D eigenvalue weighted by Gasteiger charge is 2.25. The molecule has 31 heavy (non-hydrogen) atoms. The van der Waals surface area contributed by atoms with E-state index in [0.29, 0.717) is 29.4 Å². The van der Waals surface area contributed by atoms with Gasteiger partial charge >= 0.3 is 0 Å². The van der Waals surface area contributed by atoms with E-state index in [1.54, 1.807) is 26.0 Å². The van der Waals surface area contributed by atoms with Gasteiger partial charge in [0.15, 0.2) is 23.6 Å². The molecule has 2 aromatic carbocycles. The molecule has 0 aromatic heterocycles. The molecular formula is C25H28O6. The third-order valence-corrected chi connectivity index (χ3v) is 4.81. The quantitative estimate of drug-likeness (QED) is 0.315. The van der Waals surface area contributed by atoms with E-state index < -0.39 is 17.6 Å². The summed E-state index contributed by atoms with van der Waals surface area (Å²) in [6.45, 7) is 10.7. The number of ketones is 1. The van der Waals surface area contributed by atoms with E-state index >= 15 is 0 Å². The molecule has 0 aliphatic rings. The predicted molar refractivity (Wildman–Crippen MR) is 119 cm³/mol. The standard InChI is InChI=1S/C25H28O6/c1-14(2)6-7-17-8-9-20(27)19(12-26)23(17)25(30)18-10-16(5)11-22(24(18)29)31-13-21(28)15(3)4/h6,8-12,21,27-29H,3,7,13H2,1-2,4-5H3/t21-/m1/s1. The van der Waals surface area contributed by atoms with Gasteiger partial charge < -0.3 is 20.1 Å². The zero-order valence-electron chi connectivity index (χ0n) is 18.2. The monoisotopic (exact) mass is 424 g/mol. The van der Waals surface area contributed by atoms with Gasteiger partial charge in [-0.05, 0) is 69.0 Å². The van der Waals surface area contributed by atoms with Crippen LogP contribution in [-0.2, 0) is 6.42 Å². The number of allylic oxidation sites excluding steroid dienone is 2. The number of carbonyl (C=O) groups excluding carboxylic acids is 2. The van der Waals surface area contributed by atoms with Crippen molar-refractivity contribution in [1.29, 1.82) is 0 Å². The van der Waals surface area contributed by atoms with Crippen molar-refractivity contribution in [2.45, 2.75) is 40.2 Å². The van der Waals surface area contributed by atoms with Crippen LogP contribution in [0.5, 0.6) is 17.2 Å². The number of hydrogen-bond acceptors (Lipinski definition) is 6. The summed E-state index contributed by atoms with van der Waals surface area (Å²) in [5.74, 6) is -1.30. The minimum atomic E-state index is -0.928. The number of aldehydes is 1. The Hall–Kier alpha value is -3.38. The molecule has 0 radical (unpaired) electrons. The molecule has 0 aliphatic carbocycles. The van der Waals surface area contributed by atoms with Crippen molar-refractivity contribution < 1.29 is 29.6 Å². The molecule has 6 heteroatoms. The maximum Gasteiger partial charge on any atom is 0.198 e. The molecule has 2 rings (SSSR count). The minimum absolute atomic E-state index is 0.0290. The number of phenols is 2. The van der Waals surface area contributed by atoms with Gasteiger partial charge in [-0.2, -0.15) is 0 Å². The van der Waals surface area contributed by atoms with Crippen molar-refractivity contribution in [2.75, 3.05) is 6.61 Å². The van der Waals surface area contributed by atoms with Crippen molar-refractivity contribution >= 4 is 12.1 Å². The van der Waals surface area contributed by atoms with Gasteiger partial charge in [0.2, 0.25) is 0 Å². The van der Waals surface area contributed by atoms with E-state index in [1.165, 1.54) is 12.1 Å². The lowest BCUT2D eigenvalue weighted by Crippen LogP contribution is -2.18. The second-order valence-electron chi connectivity index (χ2n) is 7.80. The van der Waals surface area contributed by atoms with Gasteiger partial charge in [0.1, 0.15) is 18.5 Å². The molecule has 0 fully saturated rings. The van der Waals surface area contributed by atoms with Gasteiger partial charge in [-0.1, -0.05) is 24.3 Å². The number of hydrogen-bond donors (Lipinski definition) is 3. The van der Waals surface area contributed by atoms with Crippen LogP contribution in [0.4, 0.5) is 0 Å². The normalized spacial score (nSPS) is 11.5. The van der Waals surface area contributed by atoms with Crippen molar-refractivity contribution in [3.05, 3.63) is 75.9 Å². The fourth-order valence-corrected chi connectivity index (χ4v) is 3.00. The van der Waals surface area contributed by atoms with Crippen LogP contribution in [0.2, 0.25) is 0 Å². The number of aromatic hydroxyl groups is 2. The van der Waals surface area contributed by atoms with Crippen molar-refractivity contribution in [2.24, 2.45) is 0 Å². The maximum atomic E-state index is 13.4. The smallest absolute Gasteiger partial charge is 0.198 e. The molecule has 0 spiro atoms. The van der Waals surface area contributed by atoms with Crippen LogP contribution >= 0.6 is 0 Å². The van der Waals surface area contributed by atoms with E-state index in [4.69, 9.17) is 4.74 Å². The van der Waals surface area contributed by atoms with E-state index in [0.717, 1.165) is 5.57 Å². The Balaban J connectivity index is 2.58. The van der Waals surface area contributed by atoms with Gasteiger partial charge in [0.05, 0.1) is 11.1 Å². The molecule has 0 bridgehead atoms. The number of aliphatic hydroxyl groups excluding tert-OH is 1. The molecule has 0 unspecified atom stereocenters. The van der Waals surface area contributed by atoms with Gasteiger partial charge in [0, 0.05) is 5.56 Å². The maximum absolute atomic E-state index is 13.4. The molecule has 6 nitrogen and oxygen atoms in total. The molecule has 0 saturated carbocycles. The highest BCUT2D eigenvalue weighted by Crippen LogP contribution is 2.35. The highest BCUT2D eigenvalue weighted by molar-refractivity contribution is 6.16. The number of carbonyl (C=O) groups is 2. The molecule has 0 saturated heterocycles. The lowest BCUT2D eigenvalue weighted by atomic mass is 9.90. The number of phenolic OH excluding ortho intramolecular Hbond substituents is 2. The lowest BCUT2D eigenvalue weighted by molar-refractivity contribution is 0.102. The van der Waals surface area contributed by atoms with Crippen LogP contribution in [0.15, 0.2) is 48.1 Å². The second kappa shape index (κ2) is 10.1. The van der Waals surface area contributed by atoms with Gasteiger partial charge in [-0.25, -0.2) is 0 Å². The zero-order valence-corrected chi connectivity index (χ0v) is 18.2. The summed E-state index contributed by atoms with van der Waals surface area (Å²) < 4.78 is 5.52. The summed E-state index contributed by atoms with van der Waals surface area (Å²) in [5, 5.41) is 30.8. The minimum Gasteiger partial charge on any atom is -0.507 e. The first-order valence-electron chi connectivity index (χ1n) is 9.84. The Morgan fingerprint density at radius 1 is 1.19 bits per heavy atom. The third-order valence-electron chi connectivity index (χ3n) is 4.81. The molecule has 2 aromatic rings. The molecule has 3 N–H and O–H groups in total. The number of ether oxygens (including phenoxy) is 1. The topological polar surface area (TPSA) is 104 Å². The summed E-state index contributed by atoms with van der Waals surface area (Å²) >= 11 is 0. The molecule has 164 valence electrons. The van der Waals surface area contributed by atoms with Crippen molar-refractivity contribution in [1.82, 2.24) is 0 Å². The van der Waals surface area contributed by atoms with Gasteiger partial charge in [-0.3, -0.25) is 9.59 Å². The Bertz CT molecular complexity index is 1040. The summed E-state index contributed by atoms with van der Waals surface area (Å²) in [6, 6.07) is 5.99. The van der Waals surface area contributed by atoms with Crippen molar-refractivity contribution in [3.63, 3.8) is 0 Å². The van der Waals surface area contributed by atoms with Crippen LogP contribution in [0.1, 0.15) is 58.2 Å². The fourth-order valence-electron chi connectivity index (χ4n) is 3.00. The number of rotatable bonds is 9. The summed E-state index contributed by atoms with van der Waals surface area (Å²) in [4.78, 5) is 25.1. The van der Waals surface area contributed by atoms with Crippen LogP contribution in [0, 0.1) is 6.92 Å². The molecular weight excluding hydrogens is 396 g/mol.